The third-order valence-electron chi connectivity index (χ3n) is 4.12. The average molecular weight is 335 g/mol. The van der Waals surface area contributed by atoms with Crippen LogP contribution < -0.4 is 5.32 Å². The standard InChI is InChI=1S/C16H22ClF3N2/c1-2-3-7-14(22-10-8-21-9-11-22)15-12(16(18,19)20)5-4-6-13(15)17/h4-6,14,21H,2-3,7-11H2,1H3/t14-/m1/s1. The van der Waals surface area contributed by atoms with Crippen LogP contribution in [0.25, 0.3) is 0 Å². The van der Waals surface area contributed by atoms with Crippen LogP contribution in [0.15, 0.2) is 18.2 Å². The van der Waals surface area contributed by atoms with E-state index >= 15 is 0 Å². The highest BCUT2D eigenvalue weighted by atomic mass is 35.5. The van der Waals surface area contributed by atoms with Gasteiger partial charge in [-0.15, -0.1) is 0 Å². The minimum atomic E-state index is -4.38. The van der Waals surface area contributed by atoms with Gasteiger partial charge in [0, 0.05) is 42.8 Å². The number of nitrogens with one attached hydrogen (secondary N) is 1. The molecule has 0 aromatic heterocycles. The smallest absolute Gasteiger partial charge is 0.314 e. The molecule has 0 amide bonds. The monoisotopic (exact) mass is 334 g/mol. The second-order valence-corrected chi connectivity index (χ2v) is 6.05. The van der Waals surface area contributed by atoms with Gasteiger partial charge in [0.15, 0.2) is 0 Å². The minimum absolute atomic E-state index is 0.217. The van der Waals surface area contributed by atoms with Crippen molar-refractivity contribution >= 4 is 11.6 Å². The quantitative estimate of drug-likeness (QED) is 0.853. The Kier molecular flexibility index (Phi) is 6.12. The summed E-state index contributed by atoms with van der Waals surface area (Å²) in [5, 5.41) is 3.46. The predicted octanol–water partition coefficient (Wildman–Crippen LogP) is 4.50. The third-order valence-corrected chi connectivity index (χ3v) is 4.44. The Balaban J connectivity index is 2.41. The zero-order valence-corrected chi connectivity index (χ0v) is 13.5. The number of hydrogen-bond acceptors (Lipinski definition) is 2. The summed E-state index contributed by atoms with van der Waals surface area (Å²) in [6, 6.07) is 3.81. The van der Waals surface area contributed by atoms with Crippen LogP contribution in [0.4, 0.5) is 13.2 Å². The highest BCUT2D eigenvalue weighted by Crippen LogP contribution is 2.41. The highest BCUT2D eigenvalue weighted by Gasteiger charge is 2.37. The van der Waals surface area contributed by atoms with Gasteiger partial charge in [-0.05, 0) is 18.6 Å². The number of piperazine rings is 1. The first kappa shape index (κ1) is 17.6. The first-order valence-electron chi connectivity index (χ1n) is 7.75. The number of benzene rings is 1. The van der Waals surface area contributed by atoms with Crippen LogP contribution in [0.5, 0.6) is 0 Å². The molecular formula is C16H22ClF3N2. The summed E-state index contributed by atoms with van der Waals surface area (Å²) in [6.45, 7) is 5.14. The summed E-state index contributed by atoms with van der Waals surface area (Å²) in [7, 11) is 0. The van der Waals surface area contributed by atoms with E-state index in [0.717, 1.165) is 45.1 Å². The number of alkyl halides is 3. The fourth-order valence-corrected chi connectivity index (χ4v) is 3.32. The van der Waals surface area contributed by atoms with E-state index < -0.39 is 11.7 Å². The maximum Gasteiger partial charge on any atom is 0.416 e. The van der Waals surface area contributed by atoms with Crippen molar-refractivity contribution in [3.8, 4) is 0 Å². The summed E-state index contributed by atoms with van der Waals surface area (Å²) in [4.78, 5) is 2.13. The molecule has 1 aliphatic rings. The van der Waals surface area contributed by atoms with Gasteiger partial charge in [-0.25, -0.2) is 0 Å². The molecule has 0 radical (unpaired) electrons. The number of halogens is 4. The van der Waals surface area contributed by atoms with Gasteiger partial charge >= 0.3 is 6.18 Å². The molecule has 1 aromatic carbocycles. The summed E-state index contributed by atoms with van der Waals surface area (Å²) in [6.07, 6.45) is -1.84. The minimum Gasteiger partial charge on any atom is -0.314 e. The van der Waals surface area contributed by atoms with Gasteiger partial charge in [0.25, 0.3) is 0 Å². The van der Waals surface area contributed by atoms with Crippen molar-refractivity contribution in [1.29, 1.82) is 0 Å². The molecule has 0 aliphatic carbocycles. The first-order valence-corrected chi connectivity index (χ1v) is 8.13. The molecule has 1 heterocycles. The Labute approximate surface area is 134 Å². The molecule has 1 aliphatic heterocycles. The third kappa shape index (κ3) is 4.15. The van der Waals surface area contributed by atoms with E-state index in [2.05, 4.69) is 10.2 Å². The van der Waals surface area contributed by atoms with Crippen molar-refractivity contribution in [2.75, 3.05) is 26.2 Å². The van der Waals surface area contributed by atoms with E-state index in [1.807, 2.05) is 6.92 Å². The van der Waals surface area contributed by atoms with Crippen LogP contribution >= 0.6 is 11.6 Å². The van der Waals surface area contributed by atoms with Crippen molar-refractivity contribution in [3.63, 3.8) is 0 Å². The van der Waals surface area contributed by atoms with Gasteiger partial charge in [0.2, 0.25) is 0 Å². The SMILES string of the molecule is CCCC[C@H](c1c(Cl)cccc1C(F)(F)F)N1CCNCC1. The Morgan fingerprint density at radius 3 is 2.55 bits per heavy atom. The molecule has 1 aromatic rings. The van der Waals surface area contributed by atoms with Gasteiger partial charge in [-0.2, -0.15) is 13.2 Å². The Bertz CT molecular complexity index is 485. The molecule has 2 nitrogen and oxygen atoms in total. The number of nitrogens with zero attached hydrogens (tertiary/aromatic N) is 1. The van der Waals surface area contributed by atoms with Crippen LogP contribution in [0.3, 0.4) is 0 Å². The van der Waals surface area contributed by atoms with Crippen LogP contribution in [-0.2, 0) is 6.18 Å². The Hall–Kier alpha value is -0.780. The van der Waals surface area contributed by atoms with E-state index in [0.29, 0.717) is 6.42 Å². The summed E-state index contributed by atoms with van der Waals surface area (Å²) < 4.78 is 40.2. The van der Waals surface area contributed by atoms with Crippen molar-refractivity contribution in [3.05, 3.63) is 34.3 Å². The van der Waals surface area contributed by atoms with Crippen LogP contribution in [-0.4, -0.2) is 31.1 Å². The van der Waals surface area contributed by atoms with E-state index in [1.54, 1.807) is 6.07 Å². The van der Waals surface area contributed by atoms with Gasteiger partial charge in [-0.3, -0.25) is 4.90 Å². The molecule has 1 fully saturated rings. The lowest BCUT2D eigenvalue weighted by Gasteiger charge is -2.36. The zero-order valence-electron chi connectivity index (χ0n) is 12.7. The van der Waals surface area contributed by atoms with Crippen LogP contribution in [0.1, 0.15) is 43.4 Å². The molecule has 0 unspecified atom stereocenters. The first-order chi connectivity index (χ1) is 10.4. The summed E-state index contributed by atoms with van der Waals surface area (Å²) in [5.41, 5.74) is -0.355. The van der Waals surface area contributed by atoms with Gasteiger partial charge in [0.05, 0.1) is 5.56 Å². The predicted molar refractivity (Wildman–Crippen MR) is 83.2 cm³/mol. The Morgan fingerprint density at radius 1 is 1.27 bits per heavy atom. The second-order valence-electron chi connectivity index (χ2n) is 5.64. The van der Waals surface area contributed by atoms with Crippen molar-refractivity contribution in [2.24, 2.45) is 0 Å². The molecule has 1 saturated heterocycles. The molecule has 6 heteroatoms. The number of rotatable bonds is 5. The zero-order chi connectivity index (χ0) is 16.2. The molecular weight excluding hydrogens is 313 g/mol. The second kappa shape index (κ2) is 7.66. The highest BCUT2D eigenvalue weighted by molar-refractivity contribution is 6.31. The van der Waals surface area contributed by atoms with Crippen LogP contribution in [0.2, 0.25) is 5.02 Å². The largest absolute Gasteiger partial charge is 0.416 e. The van der Waals surface area contributed by atoms with Crippen LogP contribution in [0, 0.1) is 0 Å². The maximum atomic E-state index is 13.4. The van der Waals surface area contributed by atoms with E-state index in [-0.39, 0.29) is 16.6 Å². The molecule has 0 spiro atoms. The average Bonchev–Trinajstić information content (AvgIpc) is 2.49. The molecule has 22 heavy (non-hydrogen) atoms. The molecule has 1 atom stereocenters. The van der Waals surface area contributed by atoms with Crippen molar-refractivity contribution in [1.82, 2.24) is 10.2 Å². The fraction of sp³-hybridized carbons (Fsp3) is 0.625. The normalized spacial score (nSPS) is 18.4. The molecule has 0 saturated carbocycles. The van der Waals surface area contributed by atoms with Gasteiger partial charge < -0.3 is 5.32 Å². The number of hydrogen-bond donors (Lipinski definition) is 1. The summed E-state index contributed by atoms with van der Waals surface area (Å²) in [5.74, 6) is 0. The maximum absolute atomic E-state index is 13.4. The topological polar surface area (TPSA) is 15.3 Å². The van der Waals surface area contributed by atoms with E-state index in [1.165, 1.54) is 6.07 Å². The molecule has 2 rings (SSSR count). The fourth-order valence-electron chi connectivity index (χ4n) is 3.02. The lowest BCUT2D eigenvalue weighted by molar-refractivity contribution is -0.138. The lowest BCUT2D eigenvalue weighted by atomic mass is 9.94. The molecule has 1 N–H and O–H groups in total. The van der Waals surface area contributed by atoms with Gasteiger partial charge in [0.1, 0.15) is 0 Å². The van der Waals surface area contributed by atoms with Crippen molar-refractivity contribution in [2.45, 2.75) is 38.4 Å². The Morgan fingerprint density at radius 2 is 1.95 bits per heavy atom. The summed E-state index contributed by atoms with van der Waals surface area (Å²) >= 11 is 6.19. The van der Waals surface area contributed by atoms with Gasteiger partial charge in [-0.1, -0.05) is 37.4 Å². The lowest BCUT2D eigenvalue weighted by Crippen LogP contribution is -2.45. The van der Waals surface area contributed by atoms with Crippen molar-refractivity contribution < 1.29 is 13.2 Å². The molecule has 124 valence electrons. The van der Waals surface area contributed by atoms with E-state index in [9.17, 15) is 13.2 Å². The van der Waals surface area contributed by atoms with E-state index in [4.69, 9.17) is 11.6 Å². The number of unbranched alkanes of at least 4 members (excludes halogenated alkanes) is 1. The molecule has 0 bridgehead atoms.